The van der Waals surface area contributed by atoms with E-state index in [2.05, 4.69) is 4.74 Å². The molecule has 1 aromatic heterocycles. The van der Waals surface area contributed by atoms with E-state index in [-0.39, 0.29) is 33.1 Å². The number of rotatable bonds is 1. The zero-order chi connectivity index (χ0) is 15.4. The highest BCUT2D eigenvalue weighted by Crippen LogP contribution is 2.41. The molecule has 0 bridgehead atoms. The van der Waals surface area contributed by atoms with E-state index < -0.39 is 17.0 Å². The lowest BCUT2D eigenvalue weighted by Crippen LogP contribution is -2.37. The van der Waals surface area contributed by atoms with Crippen molar-refractivity contribution in [1.29, 1.82) is 0 Å². The number of phenolic OH excluding ortho intramolecular Hbond substituents is 1. The Labute approximate surface area is 122 Å². The van der Waals surface area contributed by atoms with E-state index in [0.717, 1.165) is 13.2 Å². The maximum Gasteiger partial charge on any atom is 0.347 e. The van der Waals surface area contributed by atoms with Gasteiger partial charge in [0.1, 0.15) is 16.7 Å². The molecule has 6 nitrogen and oxygen atoms in total. The van der Waals surface area contributed by atoms with Gasteiger partial charge in [-0.25, -0.2) is 4.79 Å². The summed E-state index contributed by atoms with van der Waals surface area (Å²) >= 11 is 5.94. The Hall–Kier alpha value is -2.31. The summed E-state index contributed by atoms with van der Waals surface area (Å²) in [6.45, 7) is 0. The molecule has 0 spiro atoms. The lowest BCUT2D eigenvalue weighted by atomic mass is 9.96. The van der Waals surface area contributed by atoms with Crippen molar-refractivity contribution < 1.29 is 24.2 Å². The Balaban J connectivity index is 2.46. The number of methoxy groups -OCH3 is 1. The summed E-state index contributed by atoms with van der Waals surface area (Å²) < 4.78 is 9.94. The van der Waals surface area contributed by atoms with Crippen molar-refractivity contribution in [3.8, 4) is 5.75 Å². The molecule has 0 saturated heterocycles. The van der Waals surface area contributed by atoms with Gasteiger partial charge in [0.2, 0.25) is 11.0 Å². The number of benzene rings is 1. The normalized spacial score (nSPS) is 20.2. The van der Waals surface area contributed by atoms with Crippen LogP contribution in [0, 0.1) is 0 Å². The fourth-order valence-corrected chi connectivity index (χ4v) is 2.66. The molecule has 1 aromatic carbocycles. The second-order valence-corrected chi connectivity index (χ2v) is 4.94. The highest BCUT2D eigenvalue weighted by molar-refractivity contribution is 6.49. The number of fused-ring (bicyclic) bond motifs is 2. The van der Waals surface area contributed by atoms with Crippen LogP contribution >= 0.6 is 11.6 Å². The SMILES string of the molecule is COC(=O)C1(O)C=C(Cl)c2oc3cccc(O)c3c(=O)c21. The molecule has 1 aliphatic carbocycles. The Morgan fingerprint density at radius 1 is 1.43 bits per heavy atom. The third-order valence-corrected chi connectivity index (χ3v) is 3.61. The van der Waals surface area contributed by atoms with Crippen LogP contribution in [0.5, 0.6) is 5.75 Å². The molecular formula is C14H9ClO6. The standard InChI is InChI=1S/C14H9ClO6/c1-20-13(18)14(19)5-6(15)12-10(14)11(17)9-7(16)3-2-4-8(9)21-12/h2-5,16,19H,1H3. The average Bonchev–Trinajstić information content (AvgIpc) is 2.71. The molecule has 1 atom stereocenters. The smallest absolute Gasteiger partial charge is 0.347 e. The summed E-state index contributed by atoms with van der Waals surface area (Å²) in [5.41, 5.74) is -3.35. The maximum atomic E-state index is 12.5. The first-order valence-corrected chi connectivity index (χ1v) is 6.26. The minimum Gasteiger partial charge on any atom is -0.507 e. The van der Waals surface area contributed by atoms with Crippen molar-refractivity contribution in [3.63, 3.8) is 0 Å². The van der Waals surface area contributed by atoms with Gasteiger partial charge in [0, 0.05) is 0 Å². The number of halogens is 1. The van der Waals surface area contributed by atoms with Crippen LogP contribution in [-0.2, 0) is 15.1 Å². The van der Waals surface area contributed by atoms with Crippen LogP contribution in [0.2, 0.25) is 0 Å². The first-order valence-electron chi connectivity index (χ1n) is 5.89. The molecule has 2 aromatic rings. The number of hydrogen-bond acceptors (Lipinski definition) is 6. The van der Waals surface area contributed by atoms with Crippen LogP contribution < -0.4 is 5.43 Å². The lowest BCUT2D eigenvalue weighted by Gasteiger charge is -2.18. The van der Waals surface area contributed by atoms with E-state index in [1.807, 2.05) is 0 Å². The molecule has 0 radical (unpaired) electrons. The molecular weight excluding hydrogens is 300 g/mol. The molecule has 21 heavy (non-hydrogen) atoms. The molecule has 0 saturated carbocycles. The Morgan fingerprint density at radius 3 is 2.81 bits per heavy atom. The largest absolute Gasteiger partial charge is 0.507 e. The average molecular weight is 309 g/mol. The number of carbonyl (C=O) groups excluding carboxylic acids is 1. The van der Waals surface area contributed by atoms with E-state index in [4.69, 9.17) is 16.0 Å². The molecule has 108 valence electrons. The summed E-state index contributed by atoms with van der Waals surface area (Å²) in [5, 5.41) is 20.0. The Morgan fingerprint density at radius 2 is 2.14 bits per heavy atom. The van der Waals surface area contributed by atoms with Gasteiger partial charge in [0.25, 0.3) is 0 Å². The van der Waals surface area contributed by atoms with Crippen LogP contribution in [0.25, 0.3) is 16.0 Å². The third-order valence-electron chi connectivity index (χ3n) is 3.33. The minimum absolute atomic E-state index is 0.0831. The van der Waals surface area contributed by atoms with Crippen LogP contribution in [0.3, 0.4) is 0 Å². The van der Waals surface area contributed by atoms with Gasteiger partial charge in [-0.3, -0.25) is 4.79 Å². The minimum atomic E-state index is -2.34. The van der Waals surface area contributed by atoms with Gasteiger partial charge in [-0.2, -0.15) is 0 Å². The van der Waals surface area contributed by atoms with Gasteiger partial charge in [-0.05, 0) is 18.2 Å². The quantitative estimate of drug-likeness (QED) is 0.774. The number of aliphatic hydroxyl groups is 1. The van der Waals surface area contributed by atoms with E-state index in [0.29, 0.717) is 0 Å². The van der Waals surface area contributed by atoms with Crippen LogP contribution in [0.1, 0.15) is 11.3 Å². The van der Waals surface area contributed by atoms with Crippen LogP contribution in [0.15, 0.2) is 33.5 Å². The van der Waals surface area contributed by atoms with Gasteiger partial charge in [-0.1, -0.05) is 17.7 Å². The van der Waals surface area contributed by atoms with Gasteiger partial charge >= 0.3 is 5.97 Å². The number of ether oxygens (including phenoxy) is 1. The second kappa shape index (κ2) is 4.34. The predicted octanol–water partition coefficient (Wildman–Crippen LogP) is 1.45. The number of hydrogen-bond donors (Lipinski definition) is 2. The van der Waals surface area contributed by atoms with E-state index >= 15 is 0 Å². The van der Waals surface area contributed by atoms with E-state index in [1.54, 1.807) is 0 Å². The first kappa shape index (κ1) is 13.7. The van der Waals surface area contributed by atoms with Crippen molar-refractivity contribution in [2.45, 2.75) is 5.60 Å². The van der Waals surface area contributed by atoms with Gasteiger partial charge in [-0.15, -0.1) is 0 Å². The molecule has 7 heteroatoms. The summed E-state index contributed by atoms with van der Waals surface area (Å²) in [7, 11) is 1.07. The summed E-state index contributed by atoms with van der Waals surface area (Å²) in [6.07, 6.45) is 0.978. The number of phenols is 1. The Bertz CT molecular complexity index is 866. The Kier molecular flexibility index (Phi) is 2.82. The maximum absolute atomic E-state index is 12.5. The monoisotopic (exact) mass is 308 g/mol. The third kappa shape index (κ3) is 1.69. The summed E-state index contributed by atoms with van der Waals surface area (Å²) in [6, 6.07) is 4.26. The highest BCUT2D eigenvalue weighted by Gasteiger charge is 2.48. The molecule has 0 fully saturated rings. The van der Waals surface area contributed by atoms with Crippen molar-refractivity contribution in [2.24, 2.45) is 0 Å². The zero-order valence-corrected chi connectivity index (χ0v) is 11.5. The van der Waals surface area contributed by atoms with Gasteiger partial charge in [0.15, 0.2) is 5.76 Å². The molecule has 1 aliphatic rings. The number of carbonyl (C=O) groups is 1. The molecule has 1 heterocycles. The van der Waals surface area contributed by atoms with Gasteiger partial charge in [0.05, 0.1) is 17.7 Å². The fourth-order valence-electron chi connectivity index (χ4n) is 2.37. The number of aromatic hydroxyl groups is 1. The van der Waals surface area contributed by atoms with E-state index in [1.165, 1.54) is 18.2 Å². The van der Waals surface area contributed by atoms with Crippen molar-refractivity contribution in [2.75, 3.05) is 7.11 Å². The highest BCUT2D eigenvalue weighted by atomic mass is 35.5. The van der Waals surface area contributed by atoms with Crippen molar-refractivity contribution in [3.05, 3.63) is 45.8 Å². The molecule has 0 aliphatic heterocycles. The topological polar surface area (TPSA) is 97.0 Å². The molecule has 3 rings (SSSR count). The summed E-state index contributed by atoms with van der Waals surface area (Å²) in [4.78, 5) is 24.3. The van der Waals surface area contributed by atoms with E-state index in [9.17, 15) is 19.8 Å². The summed E-state index contributed by atoms with van der Waals surface area (Å²) in [5.74, 6) is -1.51. The second-order valence-electron chi connectivity index (χ2n) is 4.54. The zero-order valence-electron chi connectivity index (χ0n) is 10.7. The van der Waals surface area contributed by atoms with Crippen molar-refractivity contribution in [1.82, 2.24) is 0 Å². The van der Waals surface area contributed by atoms with Crippen LogP contribution in [0.4, 0.5) is 0 Å². The molecule has 0 amide bonds. The lowest BCUT2D eigenvalue weighted by molar-refractivity contribution is -0.158. The van der Waals surface area contributed by atoms with Crippen molar-refractivity contribution >= 4 is 33.6 Å². The molecule has 2 N–H and O–H groups in total. The predicted molar refractivity (Wildman–Crippen MR) is 73.9 cm³/mol. The molecule has 1 unspecified atom stereocenters. The first-order chi connectivity index (χ1) is 9.90. The number of esters is 1. The fraction of sp³-hybridized carbons (Fsp3) is 0.143. The van der Waals surface area contributed by atoms with Crippen LogP contribution in [-0.4, -0.2) is 23.3 Å². The van der Waals surface area contributed by atoms with Gasteiger partial charge < -0.3 is 19.4 Å².